The summed E-state index contributed by atoms with van der Waals surface area (Å²) in [5.74, 6) is 1.72. The van der Waals surface area contributed by atoms with E-state index in [0.717, 1.165) is 22.7 Å². The molecule has 0 saturated heterocycles. The quantitative estimate of drug-likeness (QED) is 0.715. The van der Waals surface area contributed by atoms with E-state index in [1.165, 1.54) is 43.4 Å². The second kappa shape index (κ2) is 7.66. The van der Waals surface area contributed by atoms with Crippen LogP contribution in [0.4, 0.5) is 0 Å². The fourth-order valence-electron chi connectivity index (χ4n) is 3.30. The van der Waals surface area contributed by atoms with E-state index in [1.807, 2.05) is 6.07 Å². The van der Waals surface area contributed by atoms with Gasteiger partial charge >= 0.3 is 0 Å². The van der Waals surface area contributed by atoms with Gasteiger partial charge in [-0.1, -0.05) is 44.7 Å². The lowest BCUT2D eigenvalue weighted by molar-refractivity contribution is 0.211. The van der Waals surface area contributed by atoms with Gasteiger partial charge in [0.05, 0.1) is 4.34 Å². The minimum Gasteiger partial charge on any atom is -0.309 e. The molecule has 3 heteroatoms. The number of rotatable bonds is 6. The van der Waals surface area contributed by atoms with E-state index in [0.29, 0.717) is 6.04 Å². The Morgan fingerprint density at radius 2 is 2.21 bits per heavy atom. The third-order valence-corrected chi connectivity index (χ3v) is 5.70. The average Bonchev–Trinajstić information content (AvgIpc) is 2.86. The average molecular weight is 300 g/mol. The summed E-state index contributed by atoms with van der Waals surface area (Å²) in [7, 11) is 0. The van der Waals surface area contributed by atoms with Crippen molar-refractivity contribution in [2.75, 3.05) is 6.54 Å². The lowest BCUT2D eigenvalue weighted by Gasteiger charge is -2.34. The Balaban J connectivity index is 2.08. The van der Waals surface area contributed by atoms with Crippen LogP contribution in [0.2, 0.25) is 4.34 Å². The molecule has 0 amide bonds. The monoisotopic (exact) mass is 299 g/mol. The molecule has 2 rings (SSSR count). The second-order valence-electron chi connectivity index (χ2n) is 5.77. The Hall–Kier alpha value is -0.0500. The van der Waals surface area contributed by atoms with Crippen molar-refractivity contribution in [1.82, 2.24) is 5.32 Å². The maximum Gasteiger partial charge on any atom is 0.0931 e. The smallest absolute Gasteiger partial charge is 0.0931 e. The normalized spacial score (nSPS) is 25.4. The van der Waals surface area contributed by atoms with Crippen LogP contribution in [0.1, 0.15) is 63.3 Å². The van der Waals surface area contributed by atoms with Gasteiger partial charge in [-0.3, -0.25) is 0 Å². The van der Waals surface area contributed by atoms with Crippen LogP contribution in [0.25, 0.3) is 0 Å². The molecule has 1 nitrogen and oxygen atoms in total. The van der Waals surface area contributed by atoms with E-state index in [-0.39, 0.29) is 0 Å². The standard InChI is InChI=1S/C16H26ClNS/c1-3-10-18-16(14-8-9-15(17)19-14)13-7-5-6-12(4-2)11-13/h8-9,12-13,16,18H,3-7,10-11H2,1-2H3. The third kappa shape index (κ3) is 4.21. The molecule has 0 aromatic carbocycles. The van der Waals surface area contributed by atoms with Crippen LogP contribution in [-0.4, -0.2) is 6.54 Å². The molecule has 1 aromatic heterocycles. The molecule has 1 aliphatic rings. The zero-order chi connectivity index (χ0) is 13.7. The highest BCUT2D eigenvalue weighted by molar-refractivity contribution is 7.16. The van der Waals surface area contributed by atoms with Crippen LogP contribution in [-0.2, 0) is 0 Å². The zero-order valence-electron chi connectivity index (χ0n) is 12.1. The Labute approximate surface area is 126 Å². The molecule has 1 saturated carbocycles. The molecule has 1 fully saturated rings. The fourth-order valence-corrected chi connectivity index (χ4v) is 4.53. The minimum atomic E-state index is 0.520. The summed E-state index contributed by atoms with van der Waals surface area (Å²) < 4.78 is 0.918. The molecule has 3 atom stereocenters. The molecular weight excluding hydrogens is 274 g/mol. The van der Waals surface area contributed by atoms with Crippen molar-refractivity contribution in [2.45, 2.75) is 58.4 Å². The van der Waals surface area contributed by atoms with Crippen LogP contribution < -0.4 is 5.32 Å². The molecule has 0 aliphatic heterocycles. The summed E-state index contributed by atoms with van der Waals surface area (Å²) in [4.78, 5) is 1.43. The second-order valence-corrected chi connectivity index (χ2v) is 7.52. The molecule has 0 spiro atoms. The summed E-state index contributed by atoms with van der Waals surface area (Å²) in [6.07, 6.45) is 8.10. The van der Waals surface area contributed by atoms with Gasteiger partial charge in [-0.2, -0.15) is 0 Å². The van der Waals surface area contributed by atoms with Gasteiger partial charge in [0, 0.05) is 10.9 Å². The summed E-state index contributed by atoms with van der Waals surface area (Å²) in [6, 6.07) is 4.78. The van der Waals surface area contributed by atoms with Gasteiger partial charge in [0.15, 0.2) is 0 Å². The molecule has 0 bridgehead atoms. The van der Waals surface area contributed by atoms with Gasteiger partial charge in [0.1, 0.15) is 0 Å². The summed E-state index contributed by atoms with van der Waals surface area (Å²) in [5.41, 5.74) is 0. The first-order valence-electron chi connectivity index (χ1n) is 7.73. The largest absolute Gasteiger partial charge is 0.309 e. The van der Waals surface area contributed by atoms with Crippen molar-refractivity contribution in [3.05, 3.63) is 21.3 Å². The lowest BCUT2D eigenvalue weighted by Crippen LogP contribution is -2.31. The Bertz CT molecular complexity index is 377. The fraction of sp³-hybridized carbons (Fsp3) is 0.750. The maximum absolute atomic E-state index is 6.12. The molecule has 1 heterocycles. The molecule has 1 aromatic rings. The van der Waals surface area contributed by atoms with Gasteiger partial charge in [0.25, 0.3) is 0 Å². The lowest BCUT2D eigenvalue weighted by atomic mass is 9.76. The first kappa shape index (κ1) is 15.3. The molecule has 108 valence electrons. The number of halogens is 1. The van der Waals surface area contributed by atoms with Crippen LogP contribution in [0.3, 0.4) is 0 Å². The van der Waals surface area contributed by atoms with Gasteiger partial charge in [-0.15, -0.1) is 11.3 Å². The van der Waals surface area contributed by atoms with Crippen molar-refractivity contribution in [1.29, 1.82) is 0 Å². The maximum atomic E-state index is 6.12. The SMILES string of the molecule is CCCNC(c1ccc(Cl)s1)C1CCCC(CC)C1. The predicted molar refractivity (Wildman–Crippen MR) is 86.1 cm³/mol. The highest BCUT2D eigenvalue weighted by Gasteiger charge is 2.29. The van der Waals surface area contributed by atoms with Crippen molar-refractivity contribution < 1.29 is 0 Å². The molecule has 3 unspecified atom stereocenters. The predicted octanol–water partition coefficient (Wildman–Crippen LogP) is 5.66. The van der Waals surface area contributed by atoms with Crippen LogP contribution >= 0.6 is 22.9 Å². The van der Waals surface area contributed by atoms with E-state index >= 15 is 0 Å². The number of nitrogens with one attached hydrogen (secondary N) is 1. The summed E-state index contributed by atoms with van der Waals surface area (Å²) >= 11 is 7.88. The van der Waals surface area contributed by atoms with Gasteiger partial charge in [-0.05, 0) is 49.8 Å². The Morgan fingerprint density at radius 3 is 2.84 bits per heavy atom. The van der Waals surface area contributed by atoms with E-state index in [2.05, 4.69) is 25.2 Å². The Morgan fingerprint density at radius 1 is 1.37 bits per heavy atom. The van der Waals surface area contributed by atoms with Gasteiger partial charge < -0.3 is 5.32 Å². The topological polar surface area (TPSA) is 12.0 Å². The molecule has 0 radical (unpaired) electrons. The van der Waals surface area contributed by atoms with Crippen LogP contribution in [0.15, 0.2) is 12.1 Å². The van der Waals surface area contributed by atoms with E-state index in [1.54, 1.807) is 11.3 Å². The van der Waals surface area contributed by atoms with Crippen LogP contribution in [0.5, 0.6) is 0 Å². The van der Waals surface area contributed by atoms with E-state index < -0.39 is 0 Å². The van der Waals surface area contributed by atoms with Crippen molar-refractivity contribution >= 4 is 22.9 Å². The third-order valence-electron chi connectivity index (χ3n) is 4.39. The van der Waals surface area contributed by atoms with E-state index in [4.69, 9.17) is 11.6 Å². The van der Waals surface area contributed by atoms with Gasteiger partial charge in [-0.25, -0.2) is 0 Å². The molecule has 19 heavy (non-hydrogen) atoms. The number of hydrogen-bond donors (Lipinski definition) is 1. The van der Waals surface area contributed by atoms with Crippen molar-refractivity contribution in [3.8, 4) is 0 Å². The highest BCUT2D eigenvalue weighted by atomic mass is 35.5. The van der Waals surface area contributed by atoms with Crippen molar-refractivity contribution in [3.63, 3.8) is 0 Å². The van der Waals surface area contributed by atoms with Crippen molar-refractivity contribution in [2.24, 2.45) is 11.8 Å². The van der Waals surface area contributed by atoms with E-state index in [9.17, 15) is 0 Å². The molecular formula is C16H26ClNS. The van der Waals surface area contributed by atoms with Gasteiger partial charge in [0.2, 0.25) is 0 Å². The van der Waals surface area contributed by atoms with Crippen LogP contribution in [0, 0.1) is 11.8 Å². The first-order valence-corrected chi connectivity index (χ1v) is 8.92. The minimum absolute atomic E-state index is 0.520. The number of hydrogen-bond acceptors (Lipinski definition) is 2. The zero-order valence-corrected chi connectivity index (χ0v) is 13.7. The molecule has 1 N–H and O–H groups in total. The Kier molecular flexibility index (Phi) is 6.18. The number of thiophene rings is 1. The summed E-state index contributed by atoms with van der Waals surface area (Å²) in [5, 5.41) is 3.77. The summed E-state index contributed by atoms with van der Waals surface area (Å²) in [6.45, 7) is 5.68. The first-order chi connectivity index (χ1) is 9.24. The molecule has 1 aliphatic carbocycles. The highest BCUT2D eigenvalue weighted by Crippen LogP contribution is 2.40.